The number of hydrogen-bond acceptors (Lipinski definition) is 5. The molecule has 2 aliphatic rings. The number of pyridine rings is 2. The summed E-state index contributed by atoms with van der Waals surface area (Å²) in [4.78, 5) is 30.7. The first-order chi connectivity index (χ1) is 15.2. The molecule has 0 radical (unpaired) electrons. The van der Waals surface area contributed by atoms with Gasteiger partial charge in [-0.05, 0) is 37.3 Å². The van der Waals surface area contributed by atoms with Crippen LogP contribution in [0.15, 0.2) is 29.2 Å². The van der Waals surface area contributed by atoms with Crippen molar-refractivity contribution in [3.8, 4) is 5.69 Å². The highest BCUT2D eigenvalue weighted by Gasteiger charge is 2.46. The van der Waals surface area contributed by atoms with Crippen LogP contribution >= 0.6 is 0 Å². The van der Waals surface area contributed by atoms with Crippen LogP contribution in [-0.2, 0) is 0 Å². The molecule has 3 atom stereocenters. The third-order valence-electron chi connectivity index (χ3n) is 6.61. The highest BCUT2D eigenvalue weighted by atomic mass is 19.1. The van der Waals surface area contributed by atoms with Crippen molar-refractivity contribution in [3.63, 3.8) is 0 Å². The summed E-state index contributed by atoms with van der Waals surface area (Å²) in [6, 6.07) is 2.78. The van der Waals surface area contributed by atoms with Gasteiger partial charge in [0.05, 0.1) is 11.1 Å². The summed E-state index contributed by atoms with van der Waals surface area (Å²) >= 11 is 0. The molecule has 1 aromatic carbocycles. The minimum Gasteiger partial charge on any atom is -0.477 e. The van der Waals surface area contributed by atoms with Crippen molar-refractivity contribution in [1.29, 1.82) is 0 Å². The topological polar surface area (TPSA) is 101 Å². The van der Waals surface area contributed by atoms with E-state index in [9.17, 15) is 23.5 Å². The Morgan fingerprint density at radius 1 is 1.25 bits per heavy atom. The van der Waals surface area contributed by atoms with Crippen LogP contribution < -0.4 is 16.1 Å². The average molecular weight is 444 g/mol. The standard InChI is InChI=1S/C22H19F3N4O3/c1-9-17-19(30)13(22(31)32)8-29(16-3-2-11(23)5-14(16)24)20(17)27-21(18(9)25)28-6-10-4-15(26)12(10)7-28/h2-3,5,8,10,12,15H,4,6-7,26H2,1H3,(H,31,32). The number of nitrogens with two attached hydrogens (primary N) is 1. The van der Waals surface area contributed by atoms with Crippen molar-refractivity contribution in [2.45, 2.75) is 19.4 Å². The third kappa shape index (κ3) is 2.89. The summed E-state index contributed by atoms with van der Waals surface area (Å²) < 4.78 is 44.5. The van der Waals surface area contributed by atoms with E-state index in [1.165, 1.54) is 6.92 Å². The van der Waals surface area contributed by atoms with Crippen LogP contribution in [0.5, 0.6) is 0 Å². The Balaban J connectivity index is 1.80. The van der Waals surface area contributed by atoms with Crippen LogP contribution in [-0.4, -0.2) is 39.8 Å². The van der Waals surface area contributed by atoms with E-state index in [1.807, 2.05) is 0 Å². The van der Waals surface area contributed by atoms with E-state index in [1.54, 1.807) is 4.90 Å². The highest BCUT2D eigenvalue weighted by Crippen LogP contribution is 2.42. The normalized spacial score (nSPS) is 22.2. The number of carboxylic acid groups (broad SMARTS) is 1. The van der Waals surface area contributed by atoms with Gasteiger partial charge in [-0.2, -0.15) is 0 Å². The Labute approximate surface area is 179 Å². The second kappa shape index (κ2) is 7.06. The molecule has 1 saturated heterocycles. The third-order valence-corrected chi connectivity index (χ3v) is 6.61. The van der Waals surface area contributed by atoms with Crippen LogP contribution in [0.25, 0.3) is 16.7 Å². The molecule has 166 valence electrons. The van der Waals surface area contributed by atoms with Crippen molar-refractivity contribution in [2.75, 3.05) is 18.0 Å². The molecule has 3 unspecified atom stereocenters. The lowest BCUT2D eigenvalue weighted by atomic mass is 9.72. The van der Waals surface area contributed by atoms with Gasteiger partial charge in [-0.3, -0.25) is 9.36 Å². The van der Waals surface area contributed by atoms with Gasteiger partial charge in [-0.25, -0.2) is 22.9 Å². The first-order valence-corrected chi connectivity index (χ1v) is 10.1. The summed E-state index contributed by atoms with van der Waals surface area (Å²) in [5.41, 5.74) is 4.03. The zero-order valence-electron chi connectivity index (χ0n) is 17.0. The van der Waals surface area contributed by atoms with Gasteiger partial charge >= 0.3 is 5.97 Å². The van der Waals surface area contributed by atoms with Crippen molar-refractivity contribution >= 4 is 22.8 Å². The fourth-order valence-electron chi connectivity index (χ4n) is 4.83. The largest absolute Gasteiger partial charge is 0.477 e. The number of carboxylic acids is 1. The Bertz CT molecular complexity index is 1360. The molecule has 5 rings (SSSR count). The molecule has 1 saturated carbocycles. The SMILES string of the molecule is Cc1c(F)c(N2CC3CC(N)C3C2)nc2c1c(=O)c(C(=O)O)cn2-c1ccc(F)cc1F. The fourth-order valence-corrected chi connectivity index (χ4v) is 4.83. The monoisotopic (exact) mass is 444 g/mol. The number of aromatic carboxylic acids is 1. The Hall–Kier alpha value is -3.40. The summed E-state index contributed by atoms with van der Waals surface area (Å²) in [5, 5.41) is 9.22. The number of carbonyl (C=O) groups is 1. The maximum absolute atomic E-state index is 15.4. The lowest BCUT2D eigenvalue weighted by Crippen LogP contribution is -2.46. The average Bonchev–Trinajstić information content (AvgIpc) is 3.07. The van der Waals surface area contributed by atoms with Crippen molar-refractivity contribution < 1.29 is 23.1 Å². The number of fused-ring (bicyclic) bond motifs is 2. The molecule has 2 aromatic heterocycles. The zero-order valence-corrected chi connectivity index (χ0v) is 17.0. The van der Waals surface area contributed by atoms with Crippen LogP contribution in [0.3, 0.4) is 0 Å². The van der Waals surface area contributed by atoms with Crippen LogP contribution in [0.4, 0.5) is 19.0 Å². The second-order valence-corrected chi connectivity index (χ2v) is 8.44. The number of halogens is 3. The molecule has 1 aliphatic carbocycles. The minimum atomic E-state index is -1.55. The molecule has 10 heteroatoms. The van der Waals surface area contributed by atoms with E-state index in [4.69, 9.17) is 5.73 Å². The smallest absolute Gasteiger partial charge is 0.341 e. The van der Waals surface area contributed by atoms with Gasteiger partial charge in [0.15, 0.2) is 17.3 Å². The van der Waals surface area contributed by atoms with E-state index in [2.05, 4.69) is 4.98 Å². The van der Waals surface area contributed by atoms with Gasteiger partial charge in [-0.1, -0.05) is 0 Å². The van der Waals surface area contributed by atoms with Crippen molar-refractivity contribution in [1.82, 2.24) is 9.55 Å². The van der Waals surface area contributed by atoms with Gasteiger partial charge in [0.1, 0.15) is 17.2 Å². The van der Waals surface area contributed by atoms with Gasteiger partial charge in [0, 0.05) is 37.0 Å². The molecule has 7 nitrogen and oxygen atoms in total. The molecule has 32 heavy (non-hydrogen) atoms. The predicted molar refractivity (Wildman–Crippen MR) is 111 cm³/mol. The van der Waals surface area contributed by atoms with E-state index >= 15 is 4.39 Å². The summed E-state index contributed by atoms with van der Waals surface area (Å²) in [7, 11) is 0. The van der Waals surface area contributed by atoms with Gasteiger partial charge in [0.2, 0.25) is 5.43 Å². The quantitative estimate of drug-likeness (QED) is 0.644. The first kappa shape index (κ1) is 20.5. The van der Waals surface area contributed by atoms with Crippen LogP contribution in [0, 0.1) is 36.2 Å². The Morgan fingerprint density at radius 2 is 2.00 bits per heavy atom. The number of aryl methyl sites for hydroxylation is 1. The number of aromatic nitrogens is 2. The lowest BCUT2D eigenvalue weighted by molar-refractivity contribution is 0.0695. The highest BCUT2D eigenvalue weighted by molar-refractivity contribution is 5.93. The molecule has 2 fully saturated rings. The molecule has 0 amide bonds. The summed E-state index contributed by atoms with van der Waals surface area (Å²) in [6.07, 6.45) is 1.77. The number of nitrogens with zero attached hydrogens (tertiary/aromatic N) is 3. The number of rotatable bonds is 3. The zero-order chi connectivity index (χ0) is 22.9. The number of anilines is 1. The number of benzene rings is 1. The van der Waals surface area contributed by atoms with Crippen molar-refractivity contribution in [3.05, 3.63) is 63.2 Å². The fraction of sp³-hybridized carbons (Fsp3) is 0.318. The molecule has 0 spiro atoms. The molecular formula is C22H19F3N4O3. The Kier molecular flexibility index (Phi) is 4.52. The first-order valence-electron chi connectivity index (χ1n) is 10.1. The van der Waals surface area contributed by atoms with Crippen LogP contribution in [0.2, 0.25) is 0 Å². The molecule has 3 N–H and O–H groups in total. The molecule has 3 heterocycles. The summed E-state index contributed by atoms with van der Waals surface area (Å²) in [5.74, 6) is -3.56. The maximum atomic E-state index is 15.4. The van der Waals surface area contributed by atoms with E-state index in [0.29, 0.717) is 25.1 Å². The summed E-state index contributed by atoms with van der Waals surface area (Å²) in [6.45, 7) is 2.41. The molecule has 0 bridgehead atoms. The second-order valence-electron chi connectivity index (χ2n) is 8.44. The molecule has 1 aliphatic heterocycles. The number of hydrogen-bond donors (Lipinski definition) is 2. The lowest BCUT2D eigenvalue weighted by Gasteiger charge is -2.36. The Morgan fingerprint density at radius 3 is 2.62 bits per heavy atom. The van der Waals surface area contributed by atoms with Gasteiger partial charge in [0.25, 0.3) is 0 Å². The van der Waals surface area contributed by atoms with Gasteiger partial charge in [-0.15, -0.1) is 0 Å². The van der Waals surface area contributed by atoms with E-state index in [0.717, 1.165) is 29.3 Å². The maximum Gasteiger partial charge on any atom is 0.341 e. The predicted octanol–water partition coefficient (Wildman–Crippen LogP) is 2.59. The van der Waals surface area contributed by atoms with Crippen molar-refractivity contribution in [2.24, 2.45) is 17.6 Å². The van der Waals surface area contributed by atoms with Crippen LogP contribution in [0.1, 0.15) is 22.3 Å². The van der Waals surface area contributed by atoms with E-state index in [-0.39, 0.29) is 40.1 Å². The minimum absolute atomic E-state index is 0.00431. The molecule has 3 aromatic rings. The molecular weight excluding hydrogens is 425 g/mol. The van der Waals surface area contributed by atoms with E-state index < -0.39 is 34.4 Å². The van der Waals surface area contributed by atoms with Gasteiger partial charge < -0.3 is 15.7 Å².